The molecule has 88 valence electrons. The minimum absolute atomic E-state index is 0.720. The van der Waals surface area contributed by atoms with Gasteiger partial charge in [0.1, 0.15) is 0 Å². The number of rotatable bonds is 5. The predicted molar refractivity (Wildman–Crippen MR) is 63.8 cm³/mol. The maximum Gasteiger partial charge on any atom is 0.0635 e. The molecule has 0 aromatic carbocycles. The van der Waals surface area contributed by atoms with E-state index in [1.165, 1.54) is 45.1 Å². The summed E-state index contributed by atoms with van der Waals surface area (Å²) in [5, 5.41) is 8.71. The van der Waals surface area contributed by atoms with Crippen LogP contribution in [-0.4, -0.2) is 24.0 Å². The lowest BCUT2D eigenvalue weighted by Gasteiger charge is -2.29. The van der Waals surface area contributed by atoms with E-state index in [1.807, 2.05) is 0 Å². The van der Waals surface area contributed by atoms with E-state index < -0.39 is 0 Å². The molecule has 2 bridgehead atoms. The fourth-order valence-electron chi connectivity index (χ4n) is 3.96. The highest BCUT2D eigenvalue weighted by molar-refractivity contribution is 4.94. The molecule has 3 aliphatic rings. The Morgan fingerprint density at radius 1 is 1.12 bits per heavy atom. The van der Waals surface area contributed by atoms with Crippen LogP contribution in [0.1, 0.15) is 44.9 Å². The minimum atomic E-state index is 0.720. The molecule has 0 N–H and O–H groups in total. The maximum absolute atomic E-state index is 8.71. The maximum atomic E-state index is 8.71. The van der Waals surface area contributed by atoms with Crippen LogP contribution in [0.15, 0.2) is 0 Å². The average molecular weight is 218 g/mol. The Balaban J connectivity index is 1.53. The average Bonchev–Trinajstić information content (AvgIpc) is 2.94. The van der Waals surface area contributed by atoms with Crippen molar-refractivity contribution in [1.29, 1.82) is 5.26 Å². The molecule has 0 aromatic heterocycles. The Bertz CT molecular complexity index is 290. The molecule has 3 unspecified atom stereocenters. The summed E-state index contributed by atoms with van der Waals surface area (Å²) in [6.45, 7) is 2.32. The van der Waals surface area contributed by atoms with E-state index in [-0.39, 0.29) is 0 Å². The molecule has 0 amide bonds. The molecule has 0 aliphatic heterocycles. The first-order valence-electron chi connectivity index (χ1n) is 6.98. The number of hydrogen-bond acceptors (Lipinski definition) is 2. The standard InChI is InChI=1S/C14H22N2/c15-6-1-7-16(14-4-5-14)10-13-9-11-2-3-12(13)8-11/h11-14H,1-5,7-10H2. The lowest BCUT2D eigenvalue weighted by molar-refractivity contribution is 0.185. The van der Waals surface area contributed by atoms with Gasteiger partial charge in [-0.2, -0.15) is 5.26 Å². The SMILES string of the molecule is N#CCCN(CC1CC2CCC1C2)C1CC1. The summed E-state index contributed by atoms with van der Waals surface area (Å²) in [5.41, 5.74) is 0. The molecule has 0 saturated heterocycles. The third-order valence-corrected chi connectivity index (χ3v) is 4.93. The molecular weight excluding hydrogens is 196 g/mol. The van der Waals surface area contributed by atoms with Crippen LogP contribution < -0.4 is 0 Å². The summed E-state index contributed by atoms with van der Waals surface area (Å²) in [7, 11) is 0. The molecule has 2 nitrogen and oxygen atoms in total. The summed E-state index contributed by atoms with van der Waals surface area (Å²) >= 11 is 0. The largest absolute Gasteiger partial charge is 0.299 e. The zero-order valence-electron chi connectivity index (χ0n) is 10.1. The Kier molecular flexibility index (Phi) is 2.90. The lowest BCUT2D eigenvalue weighted by atomic mass is 9.88. The van der Waals surface area contributed by atoms with E-state index in [0.717, 1.165) is 36.8 Å². The van der Waals surface area contributed by atoms with Crippen molar-refractivity contribution in [2.75, 3.05) is 13.1 Å². The Morgan fingerprint density at radius 2 is 2.00 bits per heavy atom. The zero-order chi connectivity index (χ0) is 11.0. The van der Waals surface area contributed by atoms with Crippen LogP contribution in [0.25, 0.3) is 0 Å². The fourth-order valence-corrected chi connectivity index (χ4v) is 3.96. The molecule has 0 heterocycles. The molecular formula is C14H22N2. The highest BCUT2D eigenvalue weighted by atomic mass is 15.2. The first-order chi connectivity index (χ1) is 7.86. The third-order valence-electron chi connectivity index (χ3n) is 4.93. The van der Waals surface area contributed by atoms with Crippen LogP contribution >= 0.6 is 0 Å². The van der Waals surface area contributed by atoms with Crippen LogP contribution in [0.2, 0.25) is 0 Å². The van der Waals surface area contributed by atoms with E-state index in [4.69, 9.17) is 5.26 Å². The van der Waals surface area contributed by atoms with Crippen molar-refractivity contribution in [3.63, 3.8) is 0 Å². The molecule has 0 aromatic rings. The van der Waals surface area contributed by atoms with Gasteiger partial charge in [0.15, 0.2) is 0 Å². The second-order valence-electron chi connectivity index (χ2n) is 6.07. The van der Waals surface area contributed by atoms with Crippen molar-refractivity contribution in [2.24, 2.45) is 17.8 Å². The van der Waals surface area contributed by atoms with Gasteiger partial charge in [-0.05, 0) is 49.9 Å². The molecule has 0 radical (unpaired) electrons. The van der Waals surface area contributed by atoms with Crippen LogP contribution in [0.4, 0.5) is 0 Å². The van der Waals surface area contributed by atoms with Gasteiger partial charge in [-0.3, -0.25) is 4.90 Å². The topological polar surface area (TPSA) is 27.0 Å². The summed E-state index contributed by atoms with van der Waals surface area (Å²) in [5.74, 6) is 3.07. The van der Waals surface area contributed by atoms with Crippen molar-refractivity contribution in [3.8, 4) is 6.07 Å². The Morgan fingerprint density at radius 3 is 2.56 bits per heavy atom. The molecule has 16 heavy (non-hydrogen) atoms. The zero-order valence-corrected chi connectivity index (χ0v) is 10.1. The molecule has 3 atom stereocenters. The normalized spacial score (nSPS) is 36.9. The Hall–Kier alpha value is -0.550. The van der Waals surface area contributed by atoms with Crippen LogP contribution in [-0.2, 0) is 0 Å². The van der Waals surface area contributed by atoms with Gasteiger partial charge in [0.2, 0.25) is 0 Å². The fraction of sp³-hybridized carbons (Fsp3) is 0.929. The summed E-state index contributed by atoms with van der Waals surface area (Å²) in [6.07, 6.45) is 9.48. The van der Waals surface area contributed by atoms with E-state index in [2.05, 4.69) is 11.0 Å². The van der Waals surface area contributed by atoms with Gasteiger partial charge in [-0.25, -0.2) is 0 Å². The summed E-state index contributed by atoms with van der Waals surface area (Å²) in [6, 6.07) is 3.14. The van der Waals surface area contributed by atoms with E-state index in [0.29, 0.717) is 0 Å². The van der Waals surface area contributed by atoms with E-state index in [1.54, 1.807) is 0 Å². The van der Waals surface area contributed by atoms with Gasteiger partial charge in [0, 0.05) is 25.6 Å². The lowest BCUT2D eigenvalue weighted by Crippen LogP contribution is -2.34. The second kappa shape index (κ2) is 4.37. The highest BCUT2D eigenvalue weighted by Crippen LogP contribution is 2.49. The smallest absolute Gasteiger partial charge is 0.0635 e. The van der Waals surface area contributed by atoms with Crippen LogP contribution in [0.5, 0.6) is 0 Å². The predicted octanol–water partition coefficient (Wildman–Crippen LogP) is 2.80. The molecule has 3 fully saturated rings. The number of nitriles is 1. The Labute approximate surface area is 98.6 Å². The van der Waals surface area contributed by atoms with Crippen molar-refractivity contribution in [2.45, 2.75) is 51.0 Å². The first-order valence-corrected chi connectivity index (χ1v) is 6.98. The van der Waals surface area contributed by atoms with Crippen molar-refractivity contribution >= 4 is 0 Å². The van der Waals surface area contributed by atoms with E-state index >= 15 is 0 Å². The van der Waals surface area contributed by atoms with Gasteiger partial charge < -0.3 is 0 Å². The first kappa shape index (κ1) is 10.6. The molecule has 0 spiro atoms. The van der Waals surface area contributed by atoms with Gasteiger partial charge >= 0.3 is 0 Å². The molecule has 3 rings (SSSR count). The second-order valence-corrected chi connectivity index (χ2v) is 6.07. The number of hydrogen-bond donors (Lipinski definition) is 0. The van der Waals surface area contributed by atoms with Crippen molar-refractivity contribution < 1.29 is 0 Å². The number of nitrogens with zero attached hydrogens (tertiary/aromatic N) is 2. The quantitative estimate of drug-likeness (QED) is 0.709. The van der Waals surface area contributed by atoms with E-state index in [9.17, 15) is 0 Å². The summed E-state index contributed by atoms with van der Waals surface area (Å²) in [4.78, 5) is 2.62. The van der Waals surface area contributed by atoms with Crippen LogP contribution in [0.3, 0.4) is 0 Å². The van der Waals surface area contributed by atoms with Crippen molar-refractivity contribution in [1.82, 2.24) is 4.90 Å². The third kappa shape index (κ3) is 2.11. The van der Waals surface area contributed by atoms with Gasteiger partial charge in [-0.1, -0.05) is 6.42 Å². The summed E-state index contributed by atoms with van der Waals surface area (Å²) < 4.78 is 0. The monoisotopic (exact) mass is 218 g/mol. The molecule has 3 saturated carbocycles. The minimum Gasteiger partial charge on any atom is -0.299 e. The van der Waals surface area contributed by atoms with Gasteiger partial charge in [0.25, 0.3) is 0 Å². The number of fused-ring (bicyclic) bond motifs is 2. The molecule has 2 heteroatoms. The highest BCUT2D eigenvalue weighted by Gasteiger charge is 2.41. The van der Waals surface area contributed by atoms with Crippen LogP contribution in [0, 0.1) is 29.1 Å². The molecule has 3 aliphatic carbocycles. The van der Waals surface area contributed by atoms with Gasteiger partial charge in [0.05, 0.1) is 6.07 Å². The van der Waals surface area contributed by atoms with Crippen molar-refractivity contribution in [3.05, 3.63) is 0 Å². The van der Waals surface area contributed by atoms with Gasteiger partial charge in [-0.15, -0.1) is 0 Å².